The number of carbonyl (C=O) groups is 1. The summed E-state index contributed by atoms with van der Waals surface area (Å²) in [5.74, 6) is 0.415. The average Bonchev–Trinajstić information content (AvgIpc) is 3.56. The van der Waals surface area contributed by atoms with Crippen LogP contribution >= 0.6 is 0 Å². The molecule has 32 heavy (non-hydrogen) atoms. The highest BCUT2D eigenvalue weighted by atomic mass is 19.1. The largest absolute Gasteiger partial charge is 0.355 e. The summed E-state index contributed by atoms with van der Waals surface area (Å²) in [4.78, 5) is 12.2. The lowest BCUT2D eigenvalue weighted by atomic mass is 9.71. The van der Waals surface area contributed by atoms with E-state index < -0.39 is 0 Å². The van der Waals surface area contributed by atoms with Gasteiger partial charge in [-0.2, -0.15) is 0 Å². The molecule has 1 fully saturated rings. The summed E-state index contributed by atoms with van der Waals surface area (Å²) in [6.07, 6.45) is 4.45. The molecule has 5 nitrogen and oxygen atoms in total. The highest BCUT2D eigenvalue weighted by molar-refractivity contribution is 5.87. The zero-order valence-electron chi connectivity index (χ0n) is 19.5. The van der Waals surface area contributed by atoms with Crippen LogP contribution in [-0.2, 0) is 0 Å². The van der Waals surface area contributed by atoms with Crippen molar-refractivity contribution in [3.8, 4) is 0 Å². The number of rotatable bonds is 10. The fourth-order valence-corrected chi connectivity index (χ4v) is 3.99. The summed E-state index contributed by atoms with van der Waals surface area (Å²) in [5.41, 5.74) is 3.33. The maximum atomic E-state index is 13.2. The fourth-order valence-electron chi connectivity index (χ4n) is 3.99. The number of nitrogens with one attached hydrogen (secondary N) is 4. The van der Waals surface area contributed by atoms with Gasteiger partial charge in [0.25, 0.3) is 0 Å². The van der Waals surface area contributed by atoms with Gasteiger partial charge in [-0.25, -0.2) is 9.18 Å². The number of hydrogen-bond donors (Lipinski definition) is 4. The molecule has 6 heteroatoms. The first kappa shape index (κ1) is 23.8. The zero-order valence-corrected chi connectivity index (χ0v) is 19.5. The summed E-state index contributed by atoms with van der Waals surface area (Å²) in [5, 5.41) is 17.3. The van der Waals surface area contributed by atoms with Crippen molar-refractivity contribution in [2.45, 2.75) is 58.9 Å². The molecule has 0 aliphatic heterocycles. The second-order valence-corrected chi connectivity index (χ2v) is 9.89. The van der Waals surface area contributed by atoms with Crippen molar-refractivity contribution >= 4 is 23.6 Å². The summed E-state index contributed by atoms with van der Waals surface area (Å²) in [7, 11) is 0. The molecule has 0 bridgehead atoms. The number of hydrogen-bond acceptors (Lipinski definition) is 3. The standard InChI is InChI=1S/C26H35FN4O/c1-17(2)13-23(26(3,4)16-29-25(32)31-22-10-11-22)18-5-12-24(19(14-18)15-28)30-21-8-6-20(27)7-9-21/h5-9,12,14-15,17,22-23,28,30H,10-11,13,16H2,1-4H3,(H2,29,31,32). The van der Waals surface area contributed by atoms with Crippen LogP contribution < -0.4 is 16.0 Å². The second kappa shape index (κ2) is 10.2. The molecular weight excluding hydrogens is 403 g/mol. The highest BCUT2D eigenvalue weighted by Gasteiger charge is 2.33. The number of urea groups is 1. The monoisotopic (exact) mass is 438 g/mol. The second-order valence-electron chi connectivity index (χ2n) is 9.89. The Labute approximate surface area is 190 Å². The minimum Gasteiger partial charge on any atom is -0.355 e. The number of halogens is 1. The van der Waals surface area contributed by atoms with Crippen molar-refractivity contribution in [1.82, 2.24) is 10.6 Å². The molecule has 0 aromatic heterocycles. The normalized spacial score (nSPS) is 14.7. The van der Waals surface area contributed by atoms with Crippen molar-refractivity contribution in [2.24, 2.45) is 11.3 Å². The molecule has 1 atom stereocenters. The average molecular weight is 439 g/mol. The summed E-state index contributed by atoms with van der Waals surface area (Å²) >= 11 is 0. The van der Waals surface area contributed by atoms with E-state index in [1.54, 1.807) is 12.1 Å². The van der Waals surface area contributed by atoms with Crippen LogP contribution in [0.1, 0.15) is 64.0 Å². The first-order chi connectivity index (χ1) is 15.2. The third-order valence-corrected chi connectivity index (χ3v) is 6.02. The van der Waals surface area contributed by atoms with Gasteiger partial charge in [0, 0.05) is 35.7 Å². The van der Waals surface area contributed by atoms with Crippen molar-refractivity contribution in [3.05, 3.63) is 59.4 Å². The summed E-state index contributed by atoms with van der Waals surface area (Å²) < 4.78 is 13.2. The zero-order chi connectivity index (χ0) is 23.3. The van der Waals surface area contributed by atoms with E-state index in [0.29, 0.717) is 18.5 Å². The highest BCUT2D eigenvalue weighted by Crippen LogP contribution is 2.41. The molecule has 3 rings (SSSR count). The van der Waals surface area contributed by atoms with Crippen LogP contribution in [0.4, 0.5) is 20.6 Å². The van der Waals surface area contributed by atoms with Crippen molar-refractivity contribution in [3.63, 3.8) is 0 Å². The van der Waals surface area contributed by atoms with E-state index in [1.165, 1.54) is 18.3 Å². The van der Waals surface area contributed by atoms with Gasteiger partial charge in [-0.05, 0) is 78.5 Å². The van der Waals surface area contributed by atoms with Gasteiger partial charge in [-0.3, -0.25) is 0 Å². The van der Waals surface area contributed by atoms with Gasteiger partial charge in [0.05, 0.1) is 0 Å². The van der Waals surface area contributed by atoms with E-state index in [9.17, 15) is 9.18 Å². The van der Waals surface area contributed by atoms with Gasteiger partial charge in [0.2, 0.25) is 0 Å². The molecule has 0 saturated heterocycles. The van der Waals surface area contributed by atoms with E-state index in [-0.39, 0.29) is 23.2 Å². The maximum absolute atomic E-state index is 13.2. The molecule has 4 N–H and O–H groups in total. The van der Waals surface area contributed by atoms with Gasteiger partial charge in [-0.1, -0.05) is 33.8 Å². The number of amides is 2. The first-order valence-corrected chi connectivity index (χ1v) is 11.4. The Morgan fingerprint density at radius 2 is 1.88 bits per heavy atom. The Hall–Kier alpha value is -2.89. The van der Waals surface area contributed by atoms with Crippen LogP contribution in [0.3, 0.4) is 0 Å². The SMILES string of the molecule is CC(C)CC(c1ccc(Nc2ccc(F)cc2)c(C=N)c1)C(C)(C)CNC(=O)NC1CC1. The predicted molar refractivity (Wildman–Crippen MR) is 130 cm³/mol. The minimum absolute atomic E-state index is 0.0945. The van der Waals surface area contributed by atoms with E-state index in [0.717, 1.165) is 41.8 Å². The van der Waals surface area contributed by atoms with E-state index in [2.05, 4.69) is 55.8 Å². The van der Waals surface area contributed by atoms with Crippen LogP contribution in [0.2, 0.25) is 0 Å². The molecule has 0 radical (unpaired) electrons. The molecule has 0 heterocycles. The number of carbonyl (C=O) groups excluding carboxylic acids is 1. The topological polar surface area (TPSA) is 77.0 Å². The minimum atomic E-state index is -0.281. The molecule has 0 spiro atoms. The lowest BCUT2D eigenvalue weighted by Crippen LogP contribution is -2.43. The Morgan fingerprint density at radius 1 is 1.19 bits per heavy atom. The number of benzene rings is 2. The van der Waals surface area contributed by atoms with Crippen LogP contribution in [0, 0.1) is 22.6 Å². The molecule has 1 saturated carbocycles. The van der Waals surface area contributed by atoms with Crippen LogP contribution in [0.25, 0.3) is 0 Å². The van der Waals surface area contributed by atoms with Crippen LogP contribution in [0.15, 0.2) is 42.5 Å². The Balaban J connectivity index is 1.79. The number of anilines is 2. The van der Waals surface area contributed by atoms with Crippen LogP contribution in [-0.4, -0.2) is 24.8 Å². The molecule has 2 amide bonds. The van der Waals surface area contributed by atoms with E-state index >= 15 is 0 Å². The lowest BCUT2D eigenvalue weighted by molar-refractivity contribution is 0.217. The Bertz CT molecular complexity index is 935. The quantitative estimate of drug-likeness (QED) is 0.334. The molecule has 1 aliphatic rings. The molecule has 2 aromatic carbocycles. The van der Waals surface area contributed by atoms with Gasteiger partial charge < -0.3 is 21.4 Å². The van der Waals surface area contributed by atoms with Crippen LogP contribution in [0.5, 0.6) is 0 Å². The van der Waals surface area contributed by atoms with Crippen molar-refractivity contribution < 1.29 is 9.18 Å². The first-order valence-electron chi connectivity index (χ1n) is 11.4. The third-order valence-electron chi connectivity index (χ3n) is 6.02. The van der Waals surface area contributed by atoms with Crippen molar-refractivity contribution in [2.75, 3.05) is 11.9 Å². The maximum Gasteiger partial charge on any atom is 0.315 e. The van der Waals surface area contributed by atoms with E-state index in [4.69, 9.17) is 5.41 Å². The Kier molecular flexibility index (Phi) is 7.54. The molecular formula is C26H35FN4O. The predicted octanol–water partition coefficient (Wildman–Crippen LogP) is 6.18. The van der Waals surface area contributed by atoms with Gasteiger partial charge in [0.1, 0.15) is 5.82 Å². The summed E-state index contributed by atoms with van der Waals surface area (Å²) in [6.45, 7) is 9.35. The van der Waals surface area contributed by atoms with Gasteiger partial charge >= 0.3 is 6.03 Å². The lowest BCUT2D eigenvalue weighted by Gasteiger charge is -2.36. The van der Waals surface area contributed by atoms with E-state index in [1.807, 2.05) is 6.07 Å². The third kappa shape index (κ3) is 6.55. The van der Waals surface area contributed by atoms with Gasteiger partial charge in [-0.15, -0.1) is 0 Å². The smallest absolute Gasteiger partial charge is 0.315 e. The van der Waals surface area contributed by atoms with Gasteiger partial charge in [0.15, 0.2) is 0 Å². The molecule has 1 unspecified atom stereocenters. The molecule has 172 valence electrons. The molecule has 2 aromatic rings. The Morgan fingerprint density at radius 3 is 2.47 bits per heavy atom. The molecule has 1 aliphatic carbocycles. The fraction of sp³-hybridized carbons (Fsp3) is 0.462. The van der Waals surface area contributed by atoms with Crippen molar-refractivity contribution in [1.29, 1.82) is 5.41 Å². The summed E-state index contributed by atoms with van der Waals surface area (Å²) in [6, 6.07) is 12.6.